The second kappa shape index (κ2) is 10.1. The molecule has 2 aromatic carbocycles. The Kier molecular flexibility index (Phi) is 6.84. The van der Waals surface area contributed by atoms with E-state index in [9.17, 15) is 19.2 Å². The van der Waals surface area contributed by atoms with Gasteiger partial charge in [0.05, 0.1) is 12.2 Å². The zero-order chi connectivity index (χ0) is 24.1. The molecule has 0 radical (unpaired) electrons. The lowest BCUT2D eigenvalue weighted by Gasteiger charge is -2.10. The van der Waals surface area contributed by atoms with E-state index in [0.717, 1.165) is 11.6 Å². The number of anilines is 1. The number of nitrogens with one attached hydrogen (secondary N) is 2. The van der Waals surface area contributed by atoms with Gasteiger partial charge in [0.1, 0.15) is 10.6 Å². The average molecular weight is 477 g/mol. The number of carbonyl (C=O) groups is 3. The van der Waals surface area contributed by atoms with Crippen LogP contribution in [0.25, 0.3) is 22.0 Å². The van der Waals surface area contributed by atoms with E-state index < -0.39 is 30.0 Å². The largest absolute Gasteiger partial charge is 0.462 e. The van der Waals surface area contributed by atoms with Crippen molar-refractivity contribution in [3.05, 3.63) is 87.5 Å². The van der Waals surface area contributed by atoms with Crippen molar-refractivity contribution in [2.75, 3.05) is 18.5 Å². The quantitative estimate of drug-likeness (QED) is 0.386. The Morgan fingerprint density at radius 3 is 2.47 bits per heavy atom. The van der Waals surface area contributed by atoms with Crippen molar-refractivity contribution in [3.8, 4) is 11.1 Å². The van der Waals surface area contributed by atoms with Crippen LogP contribution in [0, 0.1) is 0 Å². The summed E-state index contributed by atoms with van der Waals surface area (Å²) in [6.45, 7) is 1.28. The second-order valence-electron chi connectivity index (χ2n) is 7.16. The van der Waals surface area contributed by atoms with Gasteiger partial charge < -0.3 is 19.8 Å². The number of amides is 1. The summed E-state index contributed by atoms with van der Waals surface area (Å²) in [5.74, 6) is -2.00. The molecule has 2 aromatic heterocycles. The normalized spacial score (nSPS) is 10.6. The monoisotopic (exact) mass is 476 g/mol. The minimum atomic E-state index is -0.806. The number of aromatic amines is 1. The highest BCUT2D eigenvalue weighted by Crippen LogP contribution is 2.36. The topological polar surface area (TPSA) is 115 Å². The Morgan fingerprint density at radius 1 is 0.971 bits per heavy atom. The van der Waals surface area contributed by atoms with Gasteiger partial charge in [-0.1, -0.05) is 48.5 Å². The van der Waals surface area contributed by atoms with Gasteiger partial charge in [-0.05, 0) is 18.6 Å². The Morgan fingerprint density at radius 2 is 1.71 bits per heavy atom. The maximum Gasteiger partial charge on any atom is 0.341 e. The van der Waals surface area contributed by atoms with E-state index in [0.29, 0.717) is 21.5 Å². The maximum absolute atomic E-state index is 12.6. The van der Waals surface area contributed by atoms with Crippen molar-refractivity contribution < 1.29 is 23.9 Å². The number of aromatic nitrogens is 1. The van der Waals surface area contributed by atoms with Crippen LogP contribution >= 0.6 is 11.3 Å². The van der Waals surface area contributed by atoms with E-state index in [2.05, 4.69) is 10.3 Å². The Balaban J connectivity index is 1.52. The summed E-state index contributed by atoms with van der Waals surface area (Å²) in [6.07, 6.45) is 0. The SMILES string of the molecule is CCOC(=O)c1c(-c2ccccc2)csc1NC(=O)COC(=O)c1cc(=O)[nH]c2ccccc12. The first-order chi connectivity index (χ1) is 16.5. The lowest BCUT2D eigenvalue weighted by Crippen LogP contribution is -2.22. The number of esters is 2. The molecule has 0 aliphatic heterocycles. The molecule has 2 N–H and O–H groups in total. The number of fused-ring (bicyclic) bond motifs is 1. The second-order valence-corrected chi connectivity index (χ2v) is 8.04. The third kappa shape index (κ3) is 4.89. The molecule has 2 heterocycles. The molecule has 172 valence electrons. The molecule has 0 saturated carbocycles. The number of H-pyrrole nitrogens is 1. The lowest BCUT2D eigenvalue weighted by atomic mass is 10.0. The number of thiophene rings is 1. The van der Waals surface area contributed by atoms with E-state index in [1.165, 1.54) is 11.3 Å². The van der Waals surface area contributed by atoms with E-state index >= 15 is 0 Å². The highest BCUT2D eigenvalue weighted by Gasteiger charge is 2.23. The molecule has 34 heavy (non-hydrogen) atoms. The number of rotatable bonds is 7. The van der Waals surface area contributed by atoms with Crippen LogP contribution in [0.15, 0.2) is 70.8 Å². The van der Waals surface area contributed by atoms with Gasteiger partial charge in [0.2, 0.25) is 5.56 Å². The third-order valence-corrected chi connectivity index (χ3v) is 5.81. The highest BCUT2D eigenvalue weighted by atomic mass is 32.1. The van der Waals surface area contributed by atoms with Gasteiger partial charge in [0, 0.05) is 27.9 Å². The summed E-state index contributed by atoms with van der Waals surface area (Å²) < 4.78 is 10.3. The maximum atomic E-state index is 12.6. The van der Waals surface area contributed by atoms with Gasteiger partial charge in [-0.3, -0.25) is 9.59 Å². The zero-order valence-electron chi connectivity index (χ0n) is 18.1. The number of carbonyl (C=O) groups excluding carboxylic acids is 3. The van der Waals surface area contributed by atoms with Crippen molar-refractivity contribution in [1.29, 1.82) is 0 Å². The van der Waals surface area contributed by atoms with Crippen molar-refractivity contribution in [2.45, 2.75) is 6.92 Å². The molecule has 4 rings (SSSR count). The van der Waals surface area contributed by atoms with Crippen molar-refractivity contribution in [2.24, 2.45) is 0 Å². The Bertz CT molecular complexity index is 1420. The number of hydrogen-bond acceptors (Lipinski definition) is 7. The summed E-state index contributed by atoms with van der Waals surface area (Å²) in [5.41, 5.74) is 1.75. The Hall–Kier alpha value is -4.24. The summed E-state index contributed by atoms with van der Waals surface area (Å²) >= 11 is 1.17. The van der Waals surface area contributed by atoms with Crippen LogP contribution in [-0.4, -0.2) is 36.0 Å². The molecule has 0 bridgehead atoms. The standard InChI is InChI=1S/C25H20N2O6S/c1-2-32-25(31)22-18(15-8-4-3-5-9-15)14-34-23(22)27-21(29)13-33-24(30)17-12-20(28)26-19-11-7-6-10-16(17)19/h3-12,14H,2,13H2,1H3,(H,26,28)(H,27,29). The smallest absolute Gasteiger partial charge is 0.341 e. The summed E-state index contributed by atoms with van der Waals surface area (Å²) in [7, 11) is 0. The molecule has 0 saturated heterocycles. The molecule has 0 unspecified atom stereocenters. The molecule has 9 heteroatoms. The highest BCUT2D eigenvalue weighted by molar-refractivity contribution is 7.15. The van der Waals surface area contributed by atoms with Crippen molar-refractivity contribution in [3.63, 3.8) is 0 Å². The predicted molar refractivity (Wildman–Crippen MR) is 129 cm³/mol. The predicted octanol–water partition coefficient (Wildman–Crippen LogP) is 4.23. The van der Waals surface area contributed by atoms with Gasteiger partial charge in [0.25, 0.3) is 5.91 Å². The first-order valence-corrected chi connectivity index (χ1v) is 11.3. The summed E-state index contributed by atoms with van der Waals surface area (Å²) in [4.78, 5) is 52.3. The van der Waals surface area contributed by atoms with Crippen molar-refractivity contribution in [1.82, 2.24) is 4.98 Å². The van der Waals surface area contributed by atoms with Crippen LogP contribution in [-0.2, 0) is 14.3 Å². The van der Waals surface area contributed by atoms with Gasteiger partial charge in [-0.25, -0.2) is 9.59 Å². The Labute approximate surface area is 198 Å². The van der Waals surface area contributed by atoms with E-state index in [1.807, 2.05) is 30.3 Å². The van der Waals surface area contributed by atoms with Gasteiger partial charge in [-0.2, -0.15) is 0 Å². The average Bonchev–Trinajstić information content (AvgIpc) is 3.26. The van der Waals surface area contributed by atoms with Crippen LogP contribution in [0.5, 0.6) is 0 Å². The molecule has 8 nitrogen and oxygen atoms in total. The first kappa shape index (κ1) is 22.9. The van der Waals surface area contributed by atoms with Crippen LogP contribution < -0.4 is 10.9 Å². The molecule has 1 amide bonds. The van der Waals surface area contributed by atoms with E-state index in [1.54, 1.807) is 36.6 Å². The van der Waals surface area contributed by atoms with Crippen LogP contribution in [0.4, 0.5) is 5.00 Å². The molecule has 0 aliphatic carbocycles. The van der Waals surface area contributed by atoms with E-state index in [-0.39, 0.29) is 17.7 Å². The summed E-state index contributed by atoms with van der Waals surface area (Å²) in [6, 6.07) is 17.2. The number of ether oxygens (including phenoxy) is 2. The molecule has 0 aliphatic rings. The lowest BCUT2D eigenvalue weighted by molar-refractivity contribution is -0.119. The fraction of sp³-hybridized carbons (Fsp3) is 0.120. The molecule has 0 spiro atoms. The first-order valence-electron chi connectivity index (χ1n) is 10.4. The minimum absolute atomic E-state index is 0.0573. The van der Waals surface area contributed by atoms with Crippen LogP contribution in [0.1, 0.15) is 27.6 Å². The molecule has 0 fully saturated rings. The number of pyridine rings is 1. The van der Waals surface area contributed by atoms with Gasteiger partial charge in [-0.15, -0.1) is 11.3 Å². The molecular formula is C25H20N2O6S. The number of para-hydroxylation sites is 1. The fourth-order valence-corrected chi connectivity index (χ4v) is 4.40. The van der Waals surface area contributed by atoms with Crippen LogP contribution in [0.2, 0.25) is 0 Å². The minimum Gasteiger partial charge on any atom is -0.462 e. The van der Waals surface area contributed by atoms with Crippen molar-refractivity contribution >= 4 is 45.1 Å². The fourth-order valence-electron chi connectivity index (χ4n) is 3.43. The molecule has 4 aromatic rings. The van der Waals surface area contributed by atoms with Crippen LogP contribution in [0.3, 0.4) is 0 Å². The third-order valence-electron chi connectivity index (χ3n) is 4.91. The van der Waals surface area contributed by atoms with E-state index in [4.69, 9.17) is 9.47 Å². The zero-order valence-corrected chi connectivity index (χ0v) is 18.9. The number of benzene rings is 2. The molecular weight excluding hydrogens is 456 g/mol. The molecule has 0 atom stereocenters. The number of hydrogen-bond donors (Lipinski definition) is 2. The summed E-state index contributed by atoms with van der Waals surface area (Å²) in [5, 5.41) is 5.18. The van der Waals surface area contributed by atoms with Gasteiger partial charge >= 0.3 is 11.9 Å². The van der Waals surface area contributed by atoms with Gasteiger partial charge in [0.15, 0.2) is 6.61 Å².